The normalized spacial score (nSPS) is 15.3. The van der Waals surface area contributed by atoms with Crippen LogP contribution in [-0.2, 0) is 4.79 Å². The summed E-state index contributed by atoms with van der Waals surface area (Å²) in [5, 5.41) is 11.8. The summed E-state index contributed by atoms with van der Waals surface area (Å²) in [5.74, 6) is -0.262. The van der Waals surface area contributed by atoms with E-state index in [1.54, 1.807) is 0 Å². The summed E-state index contributed by atoms with van der Waals surface area (Å²) in [7, 11) is 0. The molecule has 0 radical (unpaired) electrons. The number of carboxylic acid groups (broad SMARTS) is 1. The quantitative estimate of drug-likeness (QED) is 0.802. The fourth-order valence-electron chi connectivity index (χ4n) is 1.52. The molecule has 0 amide bonds. The first kappa shape index (κ1) is 10.1. The summed E-state index contributed by atoms with van der Waals surface area (Å²) in [4.78, 5) is 11.8. The second kappa shape index (κ2) is 3.98. The van der Waals surface area contributed by atoms with Crippen molar-refractivity contribution in [2.24, 2.45) is 0 Å². The van der Waals surface area contributed by atoms with E-state index < -0.39 is 5.97 Å². The van der Waals surface area contributed by atoms with Gasteiger partial charge in [0.1, 0.15) is 5.70 Å². The Morgan fingerprint density at radius 2 is 2.33 bits per heavy atom. The van der Waals surface area contributed by atoms with Gasteiger partial charge in [-0.1, -0.05) is 29.8 Å². The first-order valence-electron chi connectivity index (χ1n) is 4.60. The molecule has 15 heavy (non-hydrogen) atoms. The molecule has 1 heterocycles. The van der Waals surface area contributed by atoms with Crippen LogP contribution in [0, 0.1) is 6.92 Å². The molecule has 0 spiro atoms. The van der Waals surface area contributed by atoms with Gasteiger partial charge in [-0.15, -0.1) is 11.8 Å². The highest BCUT2D eigenvalue weighted by atomic mass is 32.2. The lowest BCUT2D eigenvalue weighted by atomic mass is 10.1. The fourth-order valence-corrected chi connectivity index (χ4v) is 2.48. The van der Waals surface area contributed by atoms with E-state index in [-0.39, 0.29) is 0 Å². The molecule has 2 rings (SSSR count). The van der Waals surface area contributed by atoms with E-state index in [2.05, 4.69) is 5.32 Å². The Morgan fingerprint density at radius 3 is 3.00 bits per heavy atom. The third kappa shape index (κ3) is 1.99. The van der Waals surface area contributed by atoms with Crippen molar-refractivity contribution >= 4 is 22.6 Å². The van der Waals surface area contributed by atoms with E-state index in [9.17, 15) is 4.79 Å². The smallest absolute Gasteiger partial charge is 0.353 e. The van der Waals surface area contributed by atoms with Crippen molar-refractivity contribution in [2.75, 3.05) is 5.88 Å². The molecule has 0 unspecified atom stereocenters. The van der Waals surface area contributed by atoms with Crippen LogP contribution in [0.15, 0.2) is 30.0 Å². The summed E-state index contributed by atoms with van der Waals surface area (Å²) < 4.78 is 0. The largest absolute Gasteiger partial charge is 0.477 e. The molecule has 0 aromatic heterocycles. The third-order valence-corrected chi connectivity index (χ3v) is 3.20. The van der Waals surface area contributed by atoms with Gasteiger partial charge in [0.05, 0.1) is 5.88 Å². The van der Waals surface area contributed by atoms with Gasteiger partial charge in [-0.3, -0.25) is 0 Å². The van der Waals surface area contributed by atoms with Crippen LogP contribution in [0.1, 0.15) is 11.1 Å². The molecular weight excluding hydrogens is 210 g/mol. The number of carboxylic acids is 1. The minimum atomic E-state index is -0.892. The van der Waals surface area contributed by atoms with Gasteiger partial charge in [0.25, 0.3) is 0 Å². The van der Waals surface area contributed by atoms with Crippen molar-refractivity contribution in [3.05, 3.63) is 41.1 Å². The molecule has 1 aliphatic heterocycles. The minimum Gasteiger partial charge on any atom is -0.477 e. The van der Waals surface area contributed by atoms with Crippen LogP contribution < -0.4 is 5.32 Å². The van der Waals surface area contributed by atoms with Crippen molar-refractivity contribution in [1.82, 2.24) is 5.32 Å². The monoisotopic (exact) mass is 221 g/mol. The average molecular weight is 221 g/mol. The van der Waals surface area contributed by atoms with Crippen molar-refractivity contribution in [2.45, 2.75) is 6.92 Å². The molecule has 3 nitrogen and oxygen atoms in total. The Morgan fingerprint density at radius 1 is 1.53 bits per heavy atom. The van der Waals surface area contributed by atoms with Crippen LogP contribution in [0.2, 0.25) is 0 Å². The van der Waals surface area contributed by atoms with Gasteiger partial charge < -0.3 is 10.4 Å². The van der Waals surface area contributed by atoms with Gasteiger partial charge >= 0.3 is 5.97 Å². The number of hydrogen-bond donors (Lipinski definition) is 2. The molecule has 4 heteroatoms. The lowest BCUT2D eigenvalue weighted by Gasteiger charge is -2.03. The molecule has 0 fully saturated rings. The Kier molecular flexibility index (Phi) is 2.68. The molecule has 0 saturated carbocycles. The molecule has 0 aliphatic carbocycles. The Labute approximate surface area is 92.2 Å². The maximum absolute atomic E-state index is 10.9. The highest BCUT2D eigenvalue weighted by Gasteiger charge is 2.21. The summed E-state index contributed by atoms with van der Waals surface area (Å²) in [5.41, 5.74) is 2.42. The van der Waals surface area contributed by atoms with E-state index >= 15 is 0 Å². The van der Waals surface area contributed by atoms with E-state index in [0.717, 1.165) is 16.0 Å². The number of nitrogens with one attached hydrogen (secondary N) is 1. The third-order valence-electron chi connectivity index (χ3n) is 2.19. The molecule has 0 atom stereocenters. The van der Waals surface area contributed by atoms with Gasteiger partial charge in [0, 0.05) is 4.91 Å². The van der Waals surface area contributed by atoms with Crippen LogP contribution in [0.25, 0.3) is 4.91 Å². The highest BCUT2D eigenvalue weighted by molar-refractivity contribution is 8.08. The second-order valence-corrected chi connectivity index (χ2v) is 4.33. The van der Waals surface area contributed by atoms with Gasteiger partial charge in [0.2, 0.25) is 0 Å². The van der Waals surface area contributed by atoms with Crippen molar-refractivity contribution < 1.29 is 9.90 Å². The number of benzene rings is 1. The number of hydrogen-bond acceptors (Lipinski definition) is 3. The van der Waals surface area contributed by atoms with Crippen molar-refractivity contribution in [3.8, 4) is 0 Å². The summed E-state index contributed by atoms with van der Waals surface area (Å²) in [6.07, 6.45) is 0. The second-order valence-electron chi connectivity index (χ2n) is 3.34. The highest BCUT2D eigenvalue weighted by Crippen LogP contribution is 2.34. The molecule has 1 aliphatic rings. The molecule has 1 aromatic rings. The van der Waals surface area contributed by atoms with Gasteiger partial charge in [-0.05, 0) is 12.5 Å². The maximum Gasteiger partial charge on any atom is 0.353 e. The lowest BCUT2D eigenvalue weighted by molar-refractivity contribution is -0.132. The van der Waals surface area contributed by atoms with Crippen molar-refractivity contribution in [1.29, 1.82) is 0 Å². The number of aliphatic carboxylic acids is 1. The minimum absolute atomic E-state index is 0.311. The number of carbonyl (C=O) groups is 1. The topological polar surface area (TPSA) is 49.3 Å². The van der Waals surface area contributed by atoms with Crippen LogP contribution in [0.5, 0.6) is 0 Å². The number of rotatable bonds is 2. The molecular formula is C11H11NO2S. The number of aryl methyl sites for hydroxylation is 1. The zero-order valence-corrected chi connectivity index (χ0v) is 9.10. The van der Waals surface area contributed by atoms with E-state index in [1.165, 1.54) is 11.8 Å². The van der Waals surface area contributed by atoms with E-state index in [1.807, 2.05) is 31.2 Å². The van der Waals surface area contributed by atoms with Gasteiger partial charge in [-0.2, -0.15) is 0 Å². The van der Waals surface area contributed by atoms with Crippen LogP contribution in [0.4, 0.5) is 0 Å². The summed E-state index contributed by atoms with van der Waals surface area (Å²) >= 11 is 1.53. The SMILES string of the molecule is Cc1cccc(C2=C(C(=O)O)NCS2)c1. The van der Waals surface area contributed by atoms with E-state index in [0.29, 0.717) is 11.6 Å². The zero-order valence-electron chi connectivity index (χ0n) is 8.28. The Hall–Kier alpha value is -1.42. The standard InChI is InChI=1S/C11H11NO2S/c1-7-3-2-4-8(5-7)10-9(11(13)14)12-6-15-10/h2-5,12H,6H2,1H3,(H,13,14). The molecule has 1 aromatic carbocycles. The fraction of sp³-hybridized carbons (Fsp3) is 0.182. The maximum atomic E-state index is 10.9. The van der Waals surface area contributed by atoms with Gasteiger partial charge in [-0.25, -0.2) is 4.79 Å². The van der Waals surface area contributed by atoms with Crippen LogP contribution in [0.3, 0.4) is 0 Å². The lowest BCUT2D eigenvalue weighted by Crippen LogP contribution is -2.15. The molecule has 0 bridgehead atoms. The molecule has 78 valence electrons. The van der Waals surface area contributed by atoms with E-state index in [4.69, 9.17) is 5.11 Å². The zero-order chi connectivity index (χ0) is 10.8. The Balaban J connectivity index is 2.46. The van der Waals surface area contributed by atoms with Gasteiger partial charge in [0.15, 0.2) is 0 Å². The predicted molar refractivity (Wildman–Crippen MR) is 61.3 cm³/mol. The molecule has 2 N–H and O–H groups in total. The first-order valence-corrected chi connectivity index (χ1v) is 5.58. The first-order chi connectivity index (χ1) is 7.18. The molecule has 0 saturated heterocycles. The van der Waals surface area contributed by atoms with Crippen LogP contribution >= 0.6 is 11.8 Å². The average Bonchev–Trinajstić information content (AvgIpc) is 2.65. The summed E-state index contributed by atoms with van der Waals surface area (Å²) in [6, 6.07) is 7.87. The van der Waals surface area contributed by atoms with Crippen molar-refractivity contribution in [3.63, 3.8) is 0 Å². The summed E-state index contributed by atoms with van der Waals surface area (Å²) in [6.45, 7) is 2.00. The number of thioether (sulfide) groups is 1. The predicted octanol–water partition coefficient (Wildman–Crippen LogP) is 2.04. The van der Waals surface area contributed by atoms with Crippen LogP contribution in [-0.4, -0.2) is 17.0 Å². The Bertz CT molecular complexity index is 440.